The minimum atomic E-state index is -0.824. The lowest BCUT2D eigenvalue weighted by molar-refractivity contribution is -0.141. The lowest BCUT2D eigenvalue weighted by atomic mass is 9.69. The van der Waals surface area contributed by atoms with E-state index in [9.17, 15) is 9.59 Å². The molecule has 7 heteroatoms. The highest BCUT2D eigenvalue weighted by Gasteiger charge is 2.36. The second-order valence-corrected chi connectivity index (χ2v) is 5.74. The number of amides is 1. The predicted molar refractivity (Wildman–Crippen MR) is 73.4 cm³/mol. The highest BCUT2D eigenvalue weighted by Crippen LogP contribution is 2.42. The monoisotopic (exact) mass is 295 g/mol. The van der Waals surface area contributed by atoms with Crippen molar-refractivity contribution in [1.29, 1.82) is 0 Å². The van der Waals surface area contributed by atoms with E-state index in [-0.39, 0.29) is 24.2 Å². The van der Waals surface area contributed by atoms with Crippen LogP contribution in [0.2, 0.25) is 0 Å². The summed E-state index contributed by atoms with van der Waals surface area (Å²) in [5.74, 6) is -0.443. The van der Waals surface area contributed by atoms with Gasteiger partial charge in [0.25, 0.3) is 0 Å². The summed E-state index contributed by atoms with van der Waals surface area (Å²) < 4.78 is 4.85. The van der Waals surface area contributed by atoms with E-state index in [0.29, 0.717) is 18.9 Å². The Bertz CT molecular complexity index is 467. The van der Waals surface area contributed by atoms with Crippen molar-refractivity contribution in [2.24, 2.45) is 5.41 Å². The minimum absolute atomic E-state index is 0.0735. The zero-order valence-corrected chi connectivity index (χ0v) is 12.0. The van der Waals surface area contributed by atoms with Gasteiger partial charge in [0.2, 0.25) is 11.8 Å². The molecule has 0 aliphatic heterocycles. The molecule has 1 aromatic heterocycles. The lowest BCUT2D eigenvalue weighted by Gasteiger charge is -2.35. The second-order valence-electron chi connectivity index (χ2n) is 5.74. The number of nitrogens with one attached hydrogen (secondary N) is 1. The fraction of sp³-hybridized carbons (Fsp3) is 0.714. The van der Waals surface area contributed by atoms with Crippen LogP contribution in [-0.2, 0) is 16.0 Å². The van der Waals surface area contributed by atoms with Gasteiger partial charge in [0.1, 0.15) is 0 Å². The van der Waals surface area contributed by atoms with E-state index >= 15 is 0 Å². The van der Waals surface area contributed by atoms with E-state index in [0.717, 1.165) is 32.1 Å². The fourth-order valence-electron chi connectivity index (χ4n) is 3.06. The van der Waals surface area contributed by atoms with Crippen LogP contribution in [0.1, 0.15) is 50.8 Å². The number of carbonyl (C=O) groups excluding carboxylic acids is 1. The molecule has 1 aliphatic rings. The third-order valence-electron chi connectivity index (χ3n) is 4.04. The molecule has 0 saturated heterocycles. The maximum atomic E-state index is 12.1. The number of aromatic nitrogens is 2. The van der Waals surface area contributed by atoms with Crippen LogP contribution in [0.15, 0.2) is 10.9 Å². The third-order valence-corrected chi connectivity index (χ3v) is 4.04. The number of carboxylic acid groups (broad SMARTS) is 1. The number of carbonyl (C=O) groups is 2. The van der Waals surface area contributed by atoms with Crippen molar-refractivity contribution in [3.05, 3.63) is 12.2 Å². The molecular formula is C14H21N3O4. The minimum Gasteiger partial charge on any atom is -0.481 e. The molecule has 0 spiro atoms. The maximum Gasteiger partial charge on any atom is 0.303 e. The molecular weight excluding hydrogens is 274 g/mol. The van der Waals surface area contributed by atoms with Crippen molar-refractivity contribution in [3.63, 3.8) is 0 Å². The summed E-state index contributed by atoms with van der Waals surface area (Å²) in [4.78, 5) is 27.0. The molecule has 0 bridgehead atoms. The smallest absolute Gasteiger partial charge is 0.303 e. The van der Waals surface area contributed by atoms with Crippen LogP contribution in [-0.4, -0.2) is 33.7 Å². The molecule has 1 aliphatic carbocycles. The quantitative estimate of drug-likeness (QED) is 0.790. The number of carboxylic acids is 1. The van der Waals surface area contributed by atoms with E-state index in [1.165, 1.54) is 6.33 Å². The molecule has 0 aromatic carbocycles. The molecule has 116 valence electrons. The number of aliphatic carboxylic acids is 1. The molecule has 1 fully saturated rings. The SMILES string of the molecule is O=C(O)CC1(CC(=O)NCCc2ncno2)CCCCC1. The van der Waals surface area contributed by atoms with Crippen molar-refractivity contribution in [2.75, 3.05) is 6.54 Å². The lowest BCUT2D eigenvalue weighted by Crippen LogP contribution is -2.35. The summed E-state index contributed by atoms with van der Waals surface area (Å²) in [6.07, 6.45) is 6.92. The number of rotatable bonds is 7. The van der Waals surface area contributed by atoms with Crippen LogP contribution >= 0.6 is 0 Å². The molecule has 0 unspecified atom stereocenters. The Balaban J connectivity index is 1.81. The first-order valence-electron chi connectivity index (χ1n) is 7.34. The molecule has 1 saturated carbocycles. The van der Waals surface area contributed by atoms with Gasteiger partial charge in [-0.1, -0.05) is 24.4 Å². The van der Waals surface area contributed by atoms with Crippen molar-refractivity contribution >= 4 is 11.9 Å². The van der Waals surface area contributed by atoms with E-state index in [4.69, 9.17) is 9.63 Å². The first-order valence-corrected chi connectivity index (χ1v) is 7.34. The van der Waals surface area contributed by atoms with Crippen molar-refractivity contribution < 1.29 is 19.2 Å². The molecule has 2 N–H and O–H groups in total. The summed E-state index contributed by atoms with van der Waals surface area (Å²) in [6, 6.07) is 0. The van der Waals surface area contributed by atoms with Gasteiger partial charge in [0, 0.05) is 19.4 Å². The van der Waals surface area contributed by atoms with Crippen LogP contribution in [0.3, 0.4) is 0 Å². The van der Waals surface area contributed by atoms with Crippen LogP contribution in [0.25, 0.3) is 0 Å². The van der Waals surface area contributed by atoms with Crippen LogP contribution in [0, 0.1) is 5.41 Å². The van der Waals surface area contributed by atoms with Gasteiger partial charge in [-0.3, -0.25) is 9.59 Å². The highest BCUT2D eigenvalue weighted by molar-refractivity contribution is 5.78. The fourth-order valence-corrected chi connectivity index (χ4v) is 3.06. The zero-order chi connectivity index (χ0) is 15.1. The average molecular weight is 295 g/mol. The summed E-state index contributed by atoms with van der Waals surface area (Å²) in [6.45, 7) is 0.421. The van der Waals surface area contributed by atoms with E-state index < -0.39 is 5.97 Å². The van der Waals surface area contributed by atoms with E-state index in [1.807, 2.05) is 0 Å². The van der Waals surface area contributed by atoms with Gasteiger partial charge in [-0.25, -0.2) is 0 Å². The molecule has 21 heavy (non-hydrogen) atoms. The first-order chi connectivity index (χ1) is 10.1. The average Bonchev–Trinajstić information content (AvgIpc) is 2.91. The van der Waals surface area contributed by atoms with Gasteiger partial charge in [-0.15, -0.1) is 0 Å². The van der Waals surface area contributed by atoms with Crippen molar-refractivity contribution in [3.8, 4) is 0 Å². The van der Waals surface area contributed by atoms with Crippen LogP contribution in [0.5, 0.6) is 0 Å². The van der Waals surface area contributed by atoms with Gasteiger partial charge in [0.05, 0.1) is 6.42 Å². The van der Waals surface area contributed by atoms with Gasteiger partial charge in [-0.2, -0.15) is 4.98 Å². The Labute approximate surface area is 123 Å². The number of hydrogen-bond donors (Lipinski definition) is 2. The van der Waals surface area contributed by atoms with E-state index in [1.54, 1.807) is 0 Å². The molecule has 2 rings (SSSR count). The largest absolute Gasteiger partial charge is 0.481 e. The normalized spacial score (nSPS) is 17.3. The molecule has 0 radical (unpaired) electrons. The molecule has 7 nitrogen and oxygen atoms in total. The predicted octanol–water partition coefficient (Wildman–Crippen LogP) is 1.54. The Morgan fingerprint density at radius 2 is 2.05 bits per heavy atom. The maximum absolute atomic E-state index is 12.1. The Morgan fingerprint density at radius 3 is 2.67 bits per heavy atom. The Hall–Kier alpha value is -1.92. The molecule has 1 heterocycles. The molecule has 1 aromatic rings. The van der Waals surface area contributed by atoms with Gasteiger partial charge >= 0.3 is 5.97 Å². The summed E-state index contributed by atoms with van der Waals surface area (Å²) in [5.41, 5.74) is -0.376. The van der Waals surface area contributed by atoms with Gasteiger partial charge in [0.15, 0.2) is 6.33 Å². The summed E-state index contributed by atoms with van der Waals surface area (Å²) in [5, 5.41) is 15.4. The summed E-state index contributed by atoms with van der Waals surface area (Å²) >= 11 is 0. The van der Waals surface area contributed by atoms with Crippen molar-refractivity contribution in [1.82, 2.24) is 15.5 Å². The highest BCUT2D eigenvalue weighted by atomic mass is 16.5. The first kappa shape index (κ1) is 15.5. The van der Waals surface area contributed by atoms with Crippen molar-refractivity contribution in [2.45, 2.75) is 51.4 Å². The zero-order valence-electron chi connectivity index (χ0n) is 12.0. The van der Waals surface area contributed by atoms with Gasteiger partial charge < -0.3 is 14.9 Å². The third kappa shape index (κ3) is 4.84. The Kier molecular flexibility index (Phi) is 5.30. The Morgan fingerprint density at radius 1 is 1.29 bits per heavy atom. The molecule has 0 atom stereocenters. The molecule has 1 amide bonds. The summed E-state index contributed by atoms with van der Waals surface area (Å²) in [7, 11) is 0. The standard InChI is InChI=1S/C14H21N3O4/c18-11(15-7-4-12-16-10-17-21-12)8-14(9-13(19)20)5-2-1-3-6-14/h10H,1-9H2,(H,15,18)(H,19,20). The van der Waals surface area contributed by atoms with Crippen LogP contribution in [0.4, 0.5) is 0 Å². The topological polar surface area (TPSA) is 105 Å². The number of nitrogens with zero attached hydrogens (tertiary/aromatic N) is 2. The second kappa shape index (κ2) is 7.19. The van der Waals surface area contributed by atoms with Crippen LogP contribution < -0.4 is 5.32 Å². The van der Waals surface area contributed by atoms with Gasteiger partial charge in [-0.05, 0) is 18.3 Å². The number of hydrogen-bond acceptors (Lipinski definition) is 5. The van der Waals surface area contributed by atoms with E-state index in [2.05, 4.69) is 15.5 Å².